The van der Waals surface area contributed by atoms with E-state index in [4.69, 9.17) is 0 Å². The topological polar surface area (TPSA) is 67.2 Å². The monoisotopic (exact) mass is 437 g/mol. The van der Waals surface area contributed by atoms with Gasteiger partial charge in [-0.05, 0) is 75.5 Å². The van der Waals surface area contributed by atoms with E-state index >= 15 is 0 Å². The van der Waals surface area contributed by atoms with E-state index in [2.05, 4.69) is 34.1 Å². The van der Waals surface area contributed by atoms with Crippen molar-refractivity contribution in [2.24, 2.45) is 5.92 Å². The lowest BCUT2D eigenvalue weighted by Crippen LogP contribution is -2.48. The van der Waals surface area contributed by atoms with Crippen LogP contribution in [-0.4, -0.2) is 83.7 Å². The molecule has 0 bridgehead atoms. The Morgan fingerprint density at radius 2 is 1.78 bits per heavy atom. The van der Waals surface area contributed by atoms with Gasteiger partial charge >= 0.3 is 0 Å². The van der Waals surface area contributed by atoms with Crippen molar-refractivity contribution in [3.8, 4) is 11.5 Å². The Morgan fingerprint density at radius 1 is 1.06 bits per heavy atom. The van der Waals surface area contributed by atoms with Gasteiger partial charge in [-0.15, -0.1) is 0 Å². The lowest BCUT2D eigenvalue weighted by molar-refractivity contribution is 0.0627. The minimum atomic E-state index is -0.172. The number of rotatable bonds is 7. The van der Waals surface area contributed by atoms with Gasteiger partial charge in [0.15, 0.2) is 0 Å². The van der Waals surface area contributed by atoms with Crippen LogP contribution in [0.1, 0.15) is 34.3 Å². The molecule has 0 spiro atoms. The first-order chi connectivity index (χ1) is 15.4. The van der Waals surface area contributed by atoms with Crippen LogP contribution in [0.25, 0.3) is 0 Å². The molecule has 2 aromatic carbocycles. The zero-order chi connectivity index (χ0) is 22.7. The first-order valence-corrected chi connectivity index (χ1v) is 11.7. The number of aromatic hydroxyl groups is 2. The molecule has 2 aromatic rings. The summed E-state index contributed by atoms with van der Waals surface area (Å²) in [6.45, 7) is 4.19. The van der Waals surface area contributed by atoms with Crippen molar-refractivity contribution in [1.82, 2.24) is 14.7 Å². The van der Waals surface area contributed by atoms with E-state index in [1.54, 1.807) is 0 Å². The molecule has 1 saturated heterocycles. The predicted octanol–water partition coefficient (Wildman–Crippen LogP) is 2.98. The number of hydrogen-bond donors (Lipinski definition) is 2. The zero-order valence-corrected chi connectivity index (χ0v) is 19.2. The van der Waals surface area contributed by atoms with Crippen LogP contribution < -0.4 is 0 Å². The molecule has 2 N–H and O–H groups in total. The van der Waals surface area contributed by atoms with Gasteiger partial charge in [0.1, 0.15) is 11.5 Å². The van der Waals surface area contributed by atoms with Gasteiger partial charge in [-0.2, -0.15) is 0 Å². The van der Waals surface area contributed by atoms with Crippen LogP contribution in [0.15, 0.2) is 42.5 Å². The number of phenolic OH excluding ortho intramolecular Hbond substituents is 2. The fourth-order valence-corrected chi connectivity index (χ4v) is 5.15. The molecular formula is C26H35N3O3. The zero-order valence-electron chi connectivity index (χ0n) is 19.2. The van der Waals surface area contributed by atoms with Gasteiger partial charge in [0, 0.05) is 38.3 Å². The standard InChI is InChI=1S/C26H35N3O3/c1-27(2)12-13-29(26(32)24-10-9-23(30)16-25(24)31)18-19-6-5-11-28(17-19)22-14-20-7-3-4-8-21(20)15-22/h3-4,7-10,16,19,22,30-31H,5-6,11-15,17-18H2,1-2H3. The van der Waals surface area contributed by atoms with Crippen LogP contribution >= 0.6 is 0 Å². The summed E-state index contributed by atoms with van der Waals surface area (Å²) in [4.78, 5) is 19.9. The third kappa shape index (κ3) is 5.25. The number of phenols is 2. The average molecular weight is 438 g/mol. The summed E-state index contributed by atoms with van der Waals surface area (Å²) in [6, 6.07) is 13.5. The summed E-state index contributed by atoms with van der Waals surface area (Å²) in [5, 5.41) is 19.8. The summed E-state index contributed by atoms with van der Waals surface area (Å²) < 4.78 is 0. The minimum Gasteiger partial charge on any atom is -0.508 e. The van der Waals surface area contributed by atoms with Gasteiger partial charge < -0.3 is 20.0 Å². The lowest BCUT2D eigenvalue weighted by atomic mass is 9.95. The molecule has 6 heteroatoms. The van der Waals surface area contributed by atoms with Crippen LogP contribution in [0.4, 0.5) is 0 Å². The Balaban J connectivity index is 1.43. The quantitative estimate of drug-likeness (QED) is 0.697. The van der Waals surface area contributed by atoms with E-state index in [0.717, 1.165) is 45.3 Å². The SMILES string of the molecule is CN(C)CCN(CC1CCCN(C2Cc3ccccc3C2)C1)C(=O)c1ccc(O)cc1O. The Hall–Kier alpha value is -2.57. The number of piperidine rings is 1. The van der Waals surface area contributed by atoms with Crippen LogP contribution in [0, 0.1) is 5.92 Å². The van der Waals surface area contributed by atoms with E-state index in [9.17, 15) is 15.0 Å². The highest BCUT2D eigenvalue weighted by Crippen LogP contribution is 2.30. The number of carbonyl (C=O) groups excluding carboxylic acids is 1. The van der Waals surface area contributed by atoms with E-state index in [0.29, 0.717) is 25.0 Å². The molecule has 4 rings (SSSR count). The molecule has 1 amide bonds. The number of likely N-dealkylation sites (tertiary alicyclic amines) is 1. The lowest BCUT2D eigenvalue weighted by Gasteiger charge is -2.39. The highest BCUT2D eigenvalue weighted by Gasteiger charge is 2.32. The van der Waals surface area contributed by atoms with Gasteiger partial charge in [0.2, 0.25) is 0 Å². The number of likely N-dealkylation sites (N-methyl/N-ethyl adjacent to an activating group) is 1. The maximum Gasteiger partial charge on any atom is 0.257 e. The second-order valence-corrected chi connectivity index (χ2v) is 9.59. The van der Waals surface area contributed by atoms with Crippen LogP contribution in [0.3, 0.4) is 0 Å². The van der Waals surface area contributed by atoms with E-state index in [-0.39, 0.29) is 23.0 Å². The van der Waals surface area contributed by atoms with Gasteiger partial charge in [0.25, 0.3) is 5.91 Å². The van der Waals surface area contributed by atoms with Gasteiger partial charge in [-0.3, -0.25) is 9.69 Å². The van der Waals surface area contributed by atoms with Crippen LogP contribution in [0.5, 0.6) is 11.5 Å². The smallest absolute Gasteiger partial charge is 0.257 e. The Kier molecular flexibility index (Phi) is 7.01. The molecule has 1 aliphatic carbocycles. The van der Waals surface area contributed by atoms with Gasteiger partial charge in [0.05, 0.1) is 5.56 Å². The van der Waals surface area contributed by atoms with E-state index in [1.165, 1.54) is 29.3 Å². The highest BCUT2D eigenvalue weighted by molar-refractivity contribution is 5.97. The van der Waals surface area contributed by atoms with Crippen molar-refractivity contribution < 1.29 is 15.0 Å². The van der Waals surface area contributed by atoms with Crippen molar-refractivity contribution in [2.75, 3.05) is 46.8 Å². The molecule has 1 heterocycles. The first-order valence-electron chi connectivity index (χ1n) is 11.7. The molecule has 0 aromatic heterocycles. The average Bonchev–Trinajstić information content (AvgIpc) is 3.21. The van der Waals surface area contributed by atoms with Crippen molar-refractivity contribution in [2.45, 2.75) is 31.7 Å². The fraction of sp³-hybridized carbons (Fsp3) is 0.500. The number of hydrogen-bond acceptors (Lipinski definition) is 5. The molecule has 32 heavy (non-hydrogen) atoms. The molecule has 172 valence electrons. The Bertz CT molecular complexity index is 921. The molecular weight excluding hydrogens is 402 g/mol. The van der Waals surface area contributed by atoms with Gasteiger partial charge in [-0.1, -0.05) is 24.3 Å². The third-order valence-electron chi connectivity index (χ3n) is 6.89. The molecule has 6 nitrogen and oxygen atoms in total. The Labute approximate surface area is 191 Å². The molecule has 0 radical (unpaired) electrons. The van der Waals surface area contributed by atoms with Crippen molar-refractivity contribution in [3.05, 3.63) is 59.2 Å². The highest BCUT2D eigenvalue weighted by atomic mass is 16.3. The van der Waals surface area contributed by atoms with Crippen molar-refractivity contribution >= 4 is 5.91 Å². The summed E-state index contributed by atoms with van der Waals surface area (Å²) in [5.41, 5.74) is 3.20. The summed E-state index contributed by atoms with van der Waals surface area (Å²) in [5.74, 6) is 0.0331. The Morgan fingerprint density at radius 3 is 2.44 bits per heavy atom. The number of fused-ring (bicyclic) bond motifs is 1. The normalized spacial score (nSPS) is 19.3. The van der Waals surface area contributed by atoms with Crippen LogP contribution in [-0.2, 0) is 12.8 Å². The second kappa shape index (κ2) is 9.92. The predicted molar refractivity (Wildman–Crippen MR) is 126 cm³/mol. The molecule has 1 aliphatic heterocycles. The molecule has 1 unspecified atom stereocenters. The van der Waals surface area contributed by atoms with Gasteiger partial charge in [-0.25, -0.2) is 0 Å². The summed E-state index contributed by atoms with van der Waals surface area (Å²) in [7, 11) is 4.00. The van der Waals surface area contributed by atoms with E-state index in [1.807, 2.05) is 19.0 Å². The third-order valence-corrected chi connectivity index (χ3v) is 6.89. The number of nitrogens with zero attached hydrogens (tertiary/aromatic N) is 3. The summed E-state index contributed by atoms with van der Waals surface area (Å²) >= 11 is 0. The number of benzene rings is 2. The maximum atomic E-state index is 13.3. The maximum absolute atomic E-state index is 13.3. The molecule has 1 fully saturated rings. The number of carbonyl (C=O) groups is 1. The fourth-order valence-electron chi connectivity index (χ4n) is 5.15. The molecule has 0 saturated carbocycles. The minimum absolute atomic E-state index is 0.0422. The molecule has 1 atom stereocenters. The van der Waals surface area contributed by atoms with Crippen LogP contribution in [0.2, 0.25) is 0 Å². The van der Waals surface area contributed by atoms with Crippen molar-refractivity contribution in [3.63, 3.8) is 0 Å². The second-order valence-electron chi connectivity index (χ2n) is 9.59. The first kappa shape index (κ1) is 22.6. The largest absolute Gasteiger partial charge is 0.508 e. The molecule has 2 aliphatic rings. The van der Waals surface area contributed by atoms with E-state index < -0.39 is 0 Å². The number of amides is 1. The summed E-state index contributed by atoms with van der Waals surface area (Å²) in [6.07, 6.45) is 4.50. The van der Waals surface area contributed by atoms with Crippen molar-refractivity contribution in [1.29, 1.82) is 0 Å².